The zero-order chi connectivity index (χ0) is 48.5. The van der Waals surface area contributed by atoms with Crippen LogP contribution in [0.1, 0.15) is 273 Å². The van der Waals surface area contributed by atoms with Crippen LogP contribution in [-0.2, 0) is 34.5 Å². The maximum atomic E-state index is 2.52. The van der Waals surface area contributed by atoms with Gasteiger partial charge in [0.15, 0.2) is 0 Å². The van der Waals surface area contributed by atoms with Gasteiger partial charge in [0.05, 0.1) is 0 Å². The summed E-state index contributed by atoms with van der Waals surface area (Å²) in [5, 5.41) is 0. The predicted octanol–water partition coefficient (Wildman–Crippen LogP) is 22.4. The summed E-state index contributed by atoms with van der Waals surface area (Å²) in [5.74, 6) is 1.24. The van der Waals surface area contributed by atoms with Crippen LogP contribution in [-0.4, -0.2) is 0 Å². The second kappa shape index (κ2) is 27.7. The highest BCUT2D eigenvalue weighted by atomic mass is 14.4. The first-order chi connectivity index (χ1) is 30.2. The van der Waals surface area contributed by atoms with Gasteiger partial charge in [-0.2, -0.15) is 0 Å². The summed E-state index contributed by atoms with van der Waals surface area (Å²) in [5.41, 5.74) is 25.0. The largest absolute Gasteiger partial charge is 0.0776 e. The lowest BCUT2D eigenvalue weighted by Gasteiger charge is -2.42. The van der Waals surface area contributed by atoms with Gasteiger partial charge in [0.1, 0.15) is 0 Å². The minimum Gasteiger partial charge on any atom is -0.0776 e. The number of aryl methyl sites for hydroxylation is 4. The summed E-state index contributed by atoms with van der Waals surface area (Å²) in [6, 6.07) is 28.8. The van der Waals surface area contributed by atoms with Crippen molar-refractivity contribution in [2.45, 2.75) is 255 Å². The molecule has 0 saturated heterocycles. The highest BCUT2D eigenvalue weighted by Crippen LogP contribution is 2.49. The van der Waals surface area contributed by atoms with Crippen molar-refractivity contribution in [3.05, 3.63) is 140 Å². The molecule has 0 aromatic heterocycles. The van der Waals surface area contributed by atoms with Gasteiger partial charge in [-0.3, -0.25) is 0 Å². The van der Waals surface area contributed by atoms with Gasteiger partial charge in [-0.1, -0.05) is 238 Å². The average Bonchev–Trinajstić information content (AvgIpc) is 3.29. The quantitative estimate of drug-likeness (QED) is 0.188. The van der Waals surface area contributed by atoms with Crippen LogP contribution in [0.15, 0.2) is 72.8 Å². The summed E-state index contributed by atoms with van der Waals surface area (Å²) in [7, 11) is 0. The molecule has 4 aliphatic carbocycles. The molecule has 0 saturated carbocycles. The molecule has 0 N–H and O–H groups in total. The molecule has 0 aliphatic heterocycles. The normalized spacial score (nSPS) is 20.4. The molecular weight excluding hydrogens is 817 g/mol. The first-order valence-electron chi connectivity index (χ1n) is 26.1. The Bertz CT molecular complexity index is 2060. The van der Waals surface area contributed by atoms with Gasteiger partial charge in [0, 0.05) is 0 Å². The third-order valence-corrected chi connectivity index (χ3v) is 15.2. The number of allylic oxidation sites excluding steroid dienone is 4. The van der Waals surface area contributed by atoms with Gasteiger partial charge >= 0.3 is 0 Å². The standard InChI is InChI=1S/2C28H36.4C2H6.4CH4/c2*1-18-8-12-23-22(16-18)10-9-19(2)26(23)20(3)21-11-13-24-25(17-21)28(6,7)15-14-27(24,4)5;4*1-2;;;;/h2*8,11-13,16-17,19H,9-10,14-15H2,1-7H3;4*1-2H3;4*1H4/b26-20+;26-20-;;;;;;;;. The molecule has 68 heavy (non-hydrogen) atoms. The zero-order valence-electron chi connectivity index (χ0n) is 45.7. The van der Waals surface area contributed by atoms with Crippen LogP contribution in [0, 0.1) is 25.7 Å². The molecule has 0 heteroatoms. The van der Waals surface area contributed by atoms with E-state index in [-0.39, 0.29) is 51.4 Å². The molecule has 4 aromatic carbocycles. The summed E-state index contributed by atoms with van der Waals surface area (Å²) in [6.07, 6.45) is 10.0. The SMILES string of the molecule is C.C.C.C.C/C(=C1/c2ccc(C)cc2CCC1C)c1ccc2c(c1)C(C)(C)CCC2(C)C.C/C(=C1\c2ccc(C)cc2CCC1C)c1ccc2c(c1)C(C)(C)CCC2(C)C.CC.CC.CC.CC. The Labute approximate surface area is 426 Å². The van der Waals surface area contributed by atoms with Crippen LogP contribution < -0.4 is 0 Å². The number of rotatable bonds is 2. The van der Waals surface area contributed by atoms with E-state index in [1.54, 1.807) is 33.4 Å². The van der Waals surface area contributed by atoms with Crippen molar-refractivity contribution in [1.82, 2.24) is 0 Å². The first-order valence-corrected chi connectivity index (χ1v) is 26.1. The van der Waals surface area contributed by atoms with E-state index < -0.39 is 0 Å². The Morgan fingerprint density at radius 1 is 0.397 bits per heavy atom. The third-order valence-electron chi connectivity index (χ3n) is 15.2. The van der Waals surface area contributed by atoms with E-state index in [1.165, 1.54) is 107 Å². The second-order valence-corrected chi connectivity index (χ2v) is 21.3. The Balaban J connectivity index is 0. The second-order valence-electron chi connectivity index (χ2n) is 21.3. The minimum absolute atomic E-state index is 0. The highest BCUT2D eigenvalue weighted by molar-refractivity contribution is 5.93. The molecule has 0 bridgehead atoms. The van der Waals surface area contributed by atoms with Crippen molar-refractivity contribution in [2.24, 2.45) is 11.8 Å². The van der Waals surface area contributed by atoms with E-state index in [0.717, 1.165) is 0 Å². The molecule has 384 valence electrons. The fourth-order valence-electron chi connectivity index (χ4n) is 11.0. The summed E-state index contributed by atoms with van der Waals surface area (Å²) in [4.78, 5) is 0. The molecular formula is C68H112. The van der Waals surface area contributed by atoms with E-state index in [4.69, 9.17) is 0 Å². The molecule has 0 spiro atoms. The van der Waals surface area contributed by atoms with Crippen LogP contribution in [0.2, 0.25) is 0 Å². The van der Waals surface area contributed by atoms with Crippen molar-refractivity contribution in [3.8, 4) is 0 Å². The summed E-state index contributed by atoms with van der Waals surface area (Å²) >= 11 is 0. The number of benzene rings is 4. The van der Waals surface area contributed by atoms with Crippen LogP contribution in [0.3, 0.4) is 0 Å². The topological polar surface area (TPSA) is 0 Å². The smallest absolute Gasteiger partial charge is 0.0100 e. The van der Waals surface area contributed by atoms with Crippen LogP contribution in [0.5, 0.6) is 0 Å². The maximum Gasteiger partial charge on any atom is -0.0100 e. The van der Waals surface area contributed by atoms with Crippen molar-refractivity contribution in [2.75, 3.05) is 0 Å². The van der Waals surface area contributed by atoms with Gasteiger partial charge in [0.25, 0.3) is 0 Å². The van der Waals surface area contributed by atoms with Crippen molar-refractivity contribution >= 4 is 22.3 Å². The molecule has 2 atom stereocenters. The zero-order valence-corrected chi connectivity index (χ0v) is 45.7. The first kappa shape index (κ1) is 66.4. The van der Waals surface area contributed by atoms with Crippen molar-refractivity contribution < 1.29 is 0 Å². The Kier molecular flexibility index (Phi) is 27.0. The van der Waals surface area contributed by atoms with E-state index in [1.807, 2.05) is 55.4 Å². The van der Waals surface area contributed by atoms with Crippen LogP contribution in [0.25, 0.3) is 22.3 Å². The van der Waals surface area contributed by atoms with Crippen molar-refractivity contribution in [3.63, 3.8) is 0 Å². The third kappa shape index (κ3) is 14.3. The lowest BCUT2D eigenvalue weighted by molar-refractivity contribution is 0.332. The molecule has 0 nitrogen and oxygen atoms in total. The number of hydrogen-bond acceptors (Lipinski definition) is 0. The minimum atomic E-state index is 0. The van der Waals surface area contributed by atoms with Crippen molar-refractivity contribution in [1.29, 1.82) is 0 Å². The fraction of sp³-hybridized carbons (Fsp3) is 0.588. The lowest BCUT2D eigenvalue weighted by Crippen LogP contribution is -2.33. The van der Waals surface area contributed by atoms with Gasteiger partial charge in [-0.25, -0.2) is 0 Å². The van der Waals surface area contributed by atoms with Gasteiger partial charge < -0.3 is 0 Å². The molecule has 0 fully saturated rings. The van der Waals surface area contributed by atoms with E-state index in [9.17, 15) is 0 Å². The molecule has 0 heterocycles. The Morgan fingerprint density at radius 2 is 0.676 bits per heavy atom. The predicted molar refractivity (Wildman–Crippen MR) is 318 cm³/mol. The molecule has 8 rings (SSSR count). The molecule has 4 aliphatic rings. The van der Waals surface area contributed by atoms with Gasteiger partial charge in [-0.05, 0) is 190 Å². The van der Waals surface area contributed by atoms with Crippen LogP contribution >= 0.6 is 0 Å². The summed E-state index contributed by atoms with van der Waals surface area (Å²) < 4.78 is 0. The van der Waals surface area contributed by atoms with Gasteiger partial charge in [-0.15, -0.1) is 0 Å². The maximum absolute atomic E-state index is 2.52. The monoisotopic (exact) mass is 929 g/mol. The number of hydrogen-bond donors (Lipinski definition) is 0. The highest BCUT2D eigenvalue weighted by Gasteiger charge is 2.38. The summed E-state index contributed by atoms with van der Waals surface area (Å²) in [6.45, 7) is 49.3. The van der Waals surface area contributed by atoms with E-state index >= 15 is 0 Å². The Morgan fingerprint density at radius 3 is 0.971 bits per heavy atom. The van der Waals surface area contributed by atoms with Crippen LogP contribution in [0.4, 0.5) is 0 Å². The molecule has 0 amide bonds. The lowest BCUT2D eigenvalue weighted by atomic mass is 9.62. The average molecular weight is 930 g/mol. The Hall–Kier alpha value is -3.64. The molecule has 4 aromatic rings. The molecule has 2 unspecified atom stereocenters. The fourth-order valence-corrected chi connectivity index (χ4v) is 11.0. The number of fused-ring (bicyclic) bond motifs is 4. The molecule has 0 radical (unpaired) electrons. The van der Waals surface area contributed by atoms with E-state index in [2.05, 4.69) is 170 Å². The van der Waals surface area contributed by atoms with E-state index in [0.29, 0.717) is 11.8 Å². The van der Waals surface area contributed by atoms with Gasteiger partial charge in [0.2, 0.25) is 0 Å².